The molecule has 5 rings (SSSR count). The van der Waals surface area contributed by atoms with E-state index < -0.39 is 0 Å². The number of para-hydroxylation sites is 2. The number of aryl methyl sites for hydroxylation is 1. The van der Waals surface area contributed by atoms with Crippen molar-refractivity contribution >= 4 is 33.8 Å². The minimum absolute atomic E-state index is 0.0364. The van der Waals surface area contributed by atoms with Crippen molar-refractivity contribution in [2.24, 2.45) is 13.0 Å². The Morgan fingerprint density at radius 1 is 1.37 bits per heavy atom. The summed E-state index contributed by atoms with van der Waals surface area (Å²) >= 11 is 0. The molecule has 8 heteroatoms. The van der Waals surface area contributed by atoms with E-state index in [0.29, 0.717) is 29.7 Å². The lowest BCUT2D eigenvalue weighted by Gasteiger charge is -2.05. The predicted octanol–water partition coefficient (Wildman–Crippen LogP) is 1.91. The van der Waals surface area contributed by atoms with Crippen LogP contribution in [-0.4, -0.2) is 26.4 Å². The molecule has 0 amide bonds. The average Bonchev–Trinajstić information content (AvgIpc) is 3.27. The van der Waals surface area contributed by atoms with Crippen molar-refractivity contribution in [3.8, 4) is 6.07 Å². The van der Waals surface area contributed by atoms with Gasteiger partial charge in [0.05, 0.1) is 30.4 Å². The van der Waals surface area contributed by atoms with Gasteiger partial charge in [-0.25, -0.2) is 9.55 Å². The molecule has 8 nitrogen and oxygen atoms in total. The fourth-order valence-electron chi connectivity index (χ4n) is 4.34. The van der Waals surface area contributed by atoms with Crippen LogP contribution in [0.3, 0.4) is 0 Å². The topological polar surface area (TPSA) is 104 Å². The molecule has 0 bridgehead atoms. The molecule has 0 saturated carbocycles. The van der Waals surface area contributed by atoms with E-state index in [-0.39, 0.29) is 29.0 Å². The quantitative estimate of drug-likeness (QED) is 0.320. The van der Waals surface area contributed by atoms with E-state index in [0.717, 1.165) is 23.1 Å². The molecule has 1 N–H and O–H groups in total. The van der Waals surface area contributed by atoms with Crippen molar-refractivity contribution in [1.29, 1.82) is 5.26 Å². The normalized spacial score (nSPS) is 18.9. The fraction of sp³-hybridized carbons (Fsp3) is 0.318. The molecule has 30 heavy (non-hydrogen) atoms. The Morgan fingerprint density at radius 2 is 2.17 bits per heavy atom. The summed E-state index contributed by atoms with van der Waals surface area (Å²) in [5.74, 6) is -0.223. The number of carbonyl (C=O) groups is 1. The van der Waals surface area contributed by atoms with E-state index in [1.54, 1.807) is 16.0 Å². The van der Waals surface area contributed by atoms with Crippen LogP contribution < -0.4 is 10.00 Å². The van der Waals surface area contributed by atoms with Gasteiger partial charge in [0.15, 0.2) is 0 Å². The van der Waals surface area contributed by atoms with E-state index >= 15 is 0 Å². The molecule has 150 valence electrons. The lowest BCUT2D eigenvalue weighted by atomic mass is 10.0. The van der Waals surface area contributed by atoms with Crippen molar-refractivity contribution in [2.75, 3.05) is 0 Å². The van der Waals surface area contributed by atoms with Crippen molar-refractivity contribution in [3.63, 3.8) is 0 Å². The second kappa shape index (κ2) is 6.66. The molecule has 1 aliphatic heterocycles. The van der Waals surface area contributed by atoms with Crippen LogP contribution in [0.4, 0.5) is 0 Å². The van der Waals surface area contributed by atoms with Crippen LogP contribution in [-0.2, 0) is 23.0 Å². The lowest BCUT2D eigenvalue weighted by Crippen LogP contribution is -2.37. The molecule has 4 aromatic rings. The van der Waals surface area contributed by atoms with Crippen LogP contribution in [0.15, 0.2) is 35.3 Å². The first-order chi connectivity index (χ1) is 14.5. The van der Waals surface area contributed by atoms with Crippen molar-refractivity contribution in [2.45, 2.75) is 32.3 Å². The molecule has 1 fully saturated rings. The first kappa shape index (κ1) is 18.3. The Labute approximate surface area is 171 Å². The van der Waals surface area contributed by atoms with Crippen molar-refractivity contribution in [1.82, 2.24) is 14.4 Å². The van der Waals surface area contributed by atoms with Crippen LogP contribution in [0.25, 0.3) is 27.8 Å². The van der Waals surface area contributed by atoms with Gasteiger partial charge in [-0.1, -0.05) is 19.1 Å². The molecule has 0 unspecified atom stereocenters. The highest BCUT2D eigenvalue weighted by atomic mass is 16.5. The second-order valence-electron chi connectivity index (χ2n) is 7.75. The van der Waals surface area contributed by atoms with Gasteiger partial charge in [0.1, 0.15) is 35.1 Å². The number of rotatable bonds is 3. The first-order valence-corrected chi connectivity index (χ1v) is 9.97. The third-order valence-corrected chi connectivity index (χ3v) is 5.98. The Kier molecular flexibility index (Phi) is 4.07. The highest BCUT2D eigenvalue weighted by molar-refractivity contribution is 5.88. The number of ether oxygens (including phenoxy) is 1. The first-order valence-electron chi connectivity index (χ1n) is 9.97. The number of nitrogens with one attached hydrogen (secondary N) is 1. The molecule has 0 spiro atoms. The lowest BCUT2D eigenvalue weighted by molar-refractivity contribution is -0.653. The third-order valence-electron chi connectivity index (χ3n) is 5.98. The maximum absolute atomic E-state index is 13.1. The van der Waals surface area contributed by atoms with Crippen LogP contribution >= 0.6 is 0 Å². The number of H-pyrrole nitrogens is 1. The zero-order valence-electron chi connectivity index (χ0n) is 16.7. The summed E-state index contributed by atoms with van der Waals surface area (Å²) in [6.07, 6.45) is 3.56. The second-order valence-corrected chi connectivity index (χ2v) is 7.75. The summed E-state index contributed by atoms with van der Waals surface area (Å²) in [6.45, 7) is 1.98. The molecule has 4 heterocycles. The number of cyclic esters (lactones) is 1. The number of benzene rings is 1. The number of fused-ring (bicyclic) bond motifs is 4. The van der Waals surface area contributed by atoms with Gasteiger partial charge in [-0.15, -0.1) is 0 Å². The number of hydrogen-bond donors (Lipinski definition) is 1. The maximum atomic E-state index is 13.1. The van der Waals surface area contributed by atoms with Crippen molar-refractivity contribution in [3.05, 3.63) is 51.9 Å². The van der Waals surface area contributed by atoms with E-state index in [1.165, 1.54) is 0 Å². The van der Waals surface area contributed by atoms with Crippen LogP contribution in [0, 0.1) is 17.2 Å². The average molecular weight is 402 g/mol. The molecule has 0 aliphatic carbocycles. The minimum Gasteiger partial charge on any atom is -0.462 e. The SMILES string of the molecule is CC[C@H]1C[C@H](Cc2cn3c4nc5ccccc5[nH]c4c(C#N)c(=O)c3[n+]2C)OC1=O. The monoisotopic (exact) mass is 402 g/mol. The predicted molar refractivity (Wildman–Crippen MR) is 109 cm³/mol. The third kappa shape index (κ3) is 2.59. The number of esters is 1. The summed E-state index contributed by atoms with van der Waals surface area (Å²) in [7, 11) is 1.79. The Morgan fingerprint density at radius 3 is 2.90 bits per heavy atom. The zero-order valence-corrected chi connectivity index (χ0v) is 16.7. The van der Waals surface area contributed by atoms with E-state index in [4.69, 9.17) is 9.72 Å². The Balaban J connectivity index is 1.73. The number of aromatic amines is 1. The number of nitriles is 1. The number of nitrogens with zero attached hydrogens (tertiary/aromatic N) is 4. The van der Waals surface area contributed by atoms with Gasteiger partial charge < -0.3 is 9.72 Å². The molecule has 2 atom stereocenters. The van der Waals surface area contributed by atoms with Crippen LogP contribution in [0.5, 0.6) is 0 Å². The fourth-order valence-corrected chi connectivity index (χ4v) is 4.34. The Hall–Kier alpha value is -3.73. The molecule has 1 aromatic carbocycles. The van der Waals surface area contributed by atoms with Gasteiger partial charge in [-0.2, -0.15) is 9.66 Å². The van der Waals surface area contributed by atoms with E-state index in [1.807, 2.05) is 43.5 Å². The summed E-state index contributed by atoms with van der Waals surface area (Å²) in [4.78, 5) is 33.0. The summed E-state index contributed by atoms with van der Waals surface area (Å²) < 4.78 is 9.02. The number of aromatic nitrogens is 4. The van der Waals surface area contributed by atoms with Crippen molar-refractivity contribution < 1.29 is 14.1 Å². The summed E-state index contributed by atoms with van der Waals surface area (Å²) in [5.41, 5.74) is 3.29. The number of imidazole rings is 1. The number of hydrogen-bond acceptors (Lipinski definition) is 5. The van der Waals surface area contributed by atoms with Gasteiger partial charge >= 0.3 is 11.6 Å². The molecule has 1 saturated heterocycles. The smallest absolute Gasteiger partial charge is 0.338 e. The van der Waals surface area contributed by atoms with Crippen LogP contribution in [0.1, 0.15) is 31.0 Å². The molecular weight excluding hydrogens is 382 g/mol. The summed E-state index contributed by atoms with van der Waals surface area (Å²) in [6, 6.07) is 9.54. The highest BCUT2D eigenvalue weighted by Crippen LogP contribution is 2.26. The zero-order chi connectivity index (χ0) is 21.0. The number of pyridine rings is 1. The largest absolute Gasteiger partial charge is 0.462 e. The minimum atomic E-state index is -0.359. The number of carbonyl (C=O) groups excluding carboxylic acids is 1. The standard InChI is InChI=1S/C22H19N5O3/c1-3-12-8-14(30-22(12)29)9-13-11-27-20-18(15(10-23)19(28)21(27)26(13)2)24-16-6-4-5-7-17(16)25-20/h4-7,11-12,14H,3,8-9H2,1-2H3/p+1/t12-,14+/m0/s1. The van der Waals surface area contributed by atoms with Gasteiger partial charge in [0.2, 0.25) is 0 Å². The molecule has 0 radical (unpaired) electrons. The van der Waals surface area contributed by atoms with Gasteiger partial charge in [0, 0.05) is 0 Å². The Bertz CT molecular complexity index is 1440. The van der Waals surface area contributed by atoms with Crippen LogP contribution in [0.2, 0.25) is 0 Å². The highest BCUT2D eigenvalue weighted by Gasteiger charge is 2.35. The van der Waals surface area contributed by atoms with Gasteiger partial charge in [0.25, 0.3) is 11.1 Å². The molecule has 1 aliphatic rings. The van der Waals surface area contributed by atoms with E-state index in [2.05, 4.69) is 4.98 Å². The summed E-state index contributed by atoms with van der Waals surface area (Å²) in [5, 5.41) is 9.69. The van der Waals surface area contributed by atoms with Gasteiger partial charge in [-0.3, -0.25) is 9.59 Å². The molecular formula is C22H20N5O3+. The molecule has 3 aromatic heterocycles. The van der Waals surface area contributed by atoms with E-state index in [9.17, 15) is 14.9 Å². The maximum Gasteiger partial charge on any atom is 0.338 e. The van der Waals surface area contributed by atoms with Gasteiger partial charge in [-0.05, 0) is 25.0 Å².